The smallest absolute Gasteiger partial charge is 0.302 e. The number of carbonyl (C=O) groups is 2. The Bertz CT molecular complexity index is 1370. The third-order valence-corrected chi connectivity index (χ3v) is 6.45. The number of fused-ring (bicyclic) bond motifs is 1. The molecule has 1 amide bonds. The first kappa shape index (κ1) is 20.8. The molecule has 0 spiro atoms. The van der Waals surface area contributed by atoms with Crippen LogP contribution in [0.1, 0.15) is 17.4 Å². The number of furan rings is 1. The van der Waals surface area contributed by atoms with Crippen molar-refractivity contribution in [2.24, 2.45) is 0 Å². The largest absolute Gasteiger partial charge is 0.507 e. The van der Waals surface area contributed by atoms with Gasteiger partial charge < -0.3 is 19.0 Å². The maximum Gasteiger partial charge on any atom is 0.302 e. The van der Waals surface area contributed by atoms with Gasteiger partial charge in [0.2, 0.25) is 0 Å². The summed E-state index contributed by atoms with van der Waals surface area (Å²) in [5.74, 6) is -0.895. The van der Waals surface area contributed by atoms with Crippen LogP contribution in [0.3, 0.4) is 0 Å². The van der Waals surface area contributed by atoms with Gasteiger partial charge in [-0.15, -0.1) is 0 Å². The van der Waals surface area contributed by atoms with Crippen molar-refractivity contribution in [3.05, 3.63) is 77.8 Å². The second-order valence-corrected chi connectivity index (χ2v) is 8.22. The summed E-state index contributed by atoms with van der Waals surface area (Å²) >= 11 is 1.28. The van der Waals surface area contributed by atoms with Crippen LogP contribution < -0.4 is 14.4 Å². The molecule has 0 aliphatic carbocycles. The Morgan fingerprint density at radius 1 is 1.09 bits per heavy atom. The number of benzene rings is 2. The van der Waals surface area contributed by atoms with Gasteiger partial charge in [0.1, 0.15) is 29.1 Å². The van der Waals surface area contributed by atoms with E-state index in [1.165, 1.54) is 36.7 Å². The van der Waals surface area contributed by atoms with Gasteiger partial charge in [-0.1, -0.05) is 23.5 Å². The summed E-state index contributed by atoms with van der Waals surface area (Å²) in [6.45, 7) is 0. The van der Waals surface area contributed by atoms with Crippen LogP contribution in [0.25, 0.3) is 16.0 Å². The normalized spacial score (nSPS) is 17.6. The number of Topliss-reactive ketones (excluding diaryl/α,β-unsaturated/α-hetero) is 1. The highest BCUT2D eigenvalue weighted by molar-refractivity contribution is 7.22. The fourth-order valence-corrected chi connectivity index (χ4v) is 4.84. The molecule has 0 bridgehead atoms. The summed E-state index contributed by atoms with van der Waals surface area (Å²) < 4.78 is 17.0. The van der Waals surface area contributed by atoms with Crippen LogP contribution in [0.4, 0.5) is 5.13 Å². The van der Waals surface area contributed by atoms with Gasteiger partial charge in [-0.05, 0) is 36.4 Å². The molecule has 2 aromatic heterocycles. The number of ether oxygens (including phenoxy) is 2. The zero-order chi connectivity index (χ0) is 23.1. The van der Waals surface area contributed by atoms with Crippen molar-refractivity contribution in [2.75, 3.05) is 19.1 Å². The van der Waals surface area contributed by atoms with Gasteiger partial charge in [0, 0.05) is 6.07 Å². The van der Waals surface area contributed by atoms with E-state index in [1.54, 1.807) is 30.3 Å². The summed E-state index contributed by atoms with van der Waals surface area (Å²) in [7, 11) is 2.95. The molecule has 1 saturated heterocycles. The van der Waals surface area contributed by atoms with Crippen LogP contribution in [-0.4, -0.2) is 36.0 Å². The van der Waals surface area contributed by atoms with Crippen molar-refractivity contribution >= 4 is 44.1 Å². The predicted octanol–water partition coefficient (Wildman–Crippen LogP) is 4.53. The molecule has 5 rings (SSSR count). The first-order chi connectivity index (χ1) is 16.0. The van der Waals surface area contributed by atoms with E-state index in [9.17, 15) is 14.7 Å². The lowest BCUT2D eigenvalue weighted by molar-refractivity contribution is -0.132. The van der Waals surface area contributed by atoms with Crippen LogP contribution in [0.2, 0.25) is 0 Å². The third kappa shape index (κ3) is 3.33. The van der Waals surface area contributed by atoms with Gasteiger partial charge in [0.25, 0.3) is 5.78 Å². The molecule has 0 radical (unpaired) electrons. The number of carbonyl (C=O) groups excluding carboxylic acids is 2. The number of methoxy groups -OCH3 is 2. The first-order valence-corrected chi connectivity index (χ1v) is 10.8. The molecule has 1 aliphatic heterocycles. The Balaban J connectivity index is 1.72. The van der Waals surface area contributed by atoms with Gasteiger partial charge in [-0.3, -0.25) is 14.5 Å². The number of para-hydroxylation sites is 1. The molecule has 1 aliphatic rings. The minimum Gasteiger partial charge on any atom is -0.507 e. The number of anilines is 1. The van der Waals surface area contributed by atoms with E-state index in [-0.39, 0.29) is 22.6 Å². The zero-order valence-corrected chi connectivity index (χ0v) is 18.5. The molecule has 9 heteroatoms. The topological polar surface area (TPSA) is 102 Å². The van der Waals surface area contributed by atoms with Crippen molar-refractivity contribution < 1.29 is 28.6 Å². The minimum absolute atomic E-state index is 0.113. The summed E-state index contributed by atoms with van der Waals surface area (Å²) in [5, 5.41) is 11.6. The molecule has 1 atom stereocenters. The first-order valence-electron chi connectivity index (χ1n) is 9.96. The minimum atomic E-state index is -0.993. The highest BCUT2D eigenvalue weighted by atomic mass is 32.1. The number of aliphatic hydroxyl groups is 1. The molecule has 8 nitrogen and oxygen atoms in total. The maximum atomic E-state index is 13.2. The van der Waals surface area contributed by atoms with E-state index >= 15 is 0 Å². The average Bonchev–Trinajstić information content (AvgIpc) is 3.56. The second-order valence-electron chi connectivity index (χ2n) is 7.21. The zero-order valence-electron chi connectivity index (χ0n) is 17.6. The number of rotatable bonds is 5. The summed E-state index contributed by atoms with van der Waals surface area (Å²) in [6, 6.07) is 14.5. The number of amides is 1. The molecule has 1 fully saturated rings. The number of nitrogens with zero attached hydrogens (tertiary/aromatic N) is 2. The van der Waals surface area contributed by atoms with Crippen molar-refractivity contribution in [3.8, 4) is 11.5 Å². The fraction of sp³-hybridized carbons (Fsp3) is 0.125. The van der Waals surface area contributed by atoms with Crippen molar-refractivity contribution in [2.45, 2.75) is 6.04 Å². The number of aromatic nitrogens is 1. The Morgan fingerprint density at radius 2 is 1.91 bits per heavy atom. The average molecular weight is 462 g/mol. The monoisotopic (exact) mass is 462 g/mol. The van der Waals surface area contributed by atoms with Gasteiger partial charge in [-0.25, -0.2) is 4.98 Å². The van der Waals surface area contributed by atoms with E-state index in [1.807, 2.05) is 24.3 Å². The number of thiazole rings is 1. The van der Waals surface area contributed by atoms with Gasteiger partial charge in [-0.2, -0.15) is 0 Å². The van der Waals surface area contributed by atoms with Crippen LogP contribution in [0, 0.1) is 0 Å². The number of hydrogen-bond donors (Lipinski definition) is 1. The molecule has 0 saturated carbocycles. The van der Waals surface area contributed by atoms with E-state index in [4.69, 9.17) is 13.9 Å². The number of aliphatic hydroxyl groups excluding tert-OH is 1. The quantitative estimate of drug-likeness (QED) is 0.264. The molecular formula is C24H18N2O6S. The molecule has 1 unspecified atom stereocenters. The molecule has 1 N–H and O–H groups in total. The van der Waals surface area contributed by atoms with Crippen molar-refractivity contribution in [1.29, 1.82) is 0 Å². The van der Waals surface area contributed by atoms with E-state index in [0.29, 0.717) is 22.2 Å². The Hall–Kier alpha value is -4.11. The fourth-order valence-electron chi connectivity index (χ4n) is 3.85. The predicted molar refractivity (Wildman–Crippen MR) is 123 cm³/mol. The van der Waals surface area contributed by atoms with E-state index in [2.05, 4.69) is 4.98 Å². The van der Waals surface area contributed by atoms with E-state index in [0.717, 1.165) is 4.70 Å². The standard InChI is InChI=1S/C24H18N2O6S/c1-30-13-9-10-14(17(12-13)31-2)21(27)19-20(16-7-5-11-32-16)26(23(29)22(19)28)24-25-15-6-3-4-8-18(15)33-24/h3-12,20,27H,1-2H3/b21-19+. The molecule has 2 aromatic carbocycles. The Labute approximate surface area is 192 Å². The summed E-state index contributed by atoms with van der Waals surface area (Å²) in [4.78, 5) is 32.2. The summed E-state index contributed by atoms with van der Waals surface area (Å²) in [6.07, 6.45) is 1.45. The van der Waals surface area contributed by atoms with Gasteiger partial charge >= 0.3 is 5.91 Å². The molecule has 33 heavy (non-hydrogen) atoms. The Morgan fingerprint density at radius 3 is 2.61 bits per heavy atom. The third-order valence-electron chi connectivity index (χ3n) is 5.41. The number of ketones is 1. The van der Waals surface area contributed by atoms with Crippen molar-refractivity contribution in [1.82, 2.24) is 4.98 Å². The molecule has 4 aromatic rings. The van der Waals surface area contributed by atoms with Gasteiger partial charge in [0.15, 0.2) is 5.13 Å². The lowest BCUT2D eigenvalue weighted by atomic mass is 9.99. The maximum absolute atomic E-state index is 13.2. The molecular weight excluding hydrogens is 444 g/mol. The van der Waals surface area contributed by atoms with Crippen LogP contribution in [-0.2, 0) is 9.59 Å². The van der Waals surface area contributed by atoms with E-state index < -0.39 is 17.7 Å². The van der Waals surface area contributed by atoms with Crippen molar-refractivity contribution in [3.63, 3.8) is 0 Å². The number of hydrogen-bond acceptors (Lipinski definition) is 8. The SMILES string of the molecule is COc1ccc(/C(O)=C2\C(=O)C(=O)N(c3nc4ccccc4s3)C2c2ccco2)c(OC)c1. The second kappa shape index (κ2) is 8.10. The lowest BCUT2D eigenvalue weighted by Crippen LogP contribution is -2.29. The van der Waals surface area contributed by atoms with Crippen LogP contribution >= 0.6 is 11.3 Å². The Kier molecular flexibility index (Phi) is 5.10. The van der Waals surface area contributed by atoms with Gasteiger partial charge in [0.05, 0.1) is 41.8 Å². The highest BCUT2D eigenvalue weighted by Gasteiger charge is 2.49. The highest BCUT2D eigenvalue weighted by Crippen LogP contribution is 2.45. The molecule has 166 valence electrons. The molecule has 3 heterocycles. The summed E-state index contributed by atoms with van der Waals surface area (Å²) in [5.41, 5.74) is 0.837. The lowest BCUT2D eigenvalue weighted by Gasteiger charge is -2.20. The van der Waals surface area contributed by atoms with Crippen LogP contribution in [0.15, 0.2) is 70.9 Å². The van der Waals surface area contributed by atoms with Crippen LogP contribution in [0.5, 0.6) is 11.5 Å².